The van der Waals surface area contributed by atoms with Gasteiger partial charge in [0.2, 0.25) is 0 Å². The van der Waals surface area contributed by atoms with Gasteiger partial charge < -0.3 is 14.7 Å². The van der Waals surface area contributed by atoms with Crippen molar-refractivity contribution in [2.75, 3.05) is 14.7 Å². The Kier molecular flexibility index (Phi) is 10.9. The van der Waals surface area contributed by atoms with Crippen LogP contribution in [-0.4, -0.2) is 12.3 Å². The summed E-state index contributed by atoms with van der Waals surface area (Å²) >= 11 is 0. The van der Waals surface area contributed by atoms with Crippen LogP contribution < -0.4 is 31.1 Å². The van der Waals surface area contributed by atoms with E-state index in [-0.39, 0.29) is 44.7 Å². The topological polar surface area (TPSA) is 9.72 Å². The fourth-order valence-electron chi connectivity index (χ4n) is 17.7. The van der Waals surface area contributed by atoms with Crippen LogP contribution in [0.2, 0.25) is 0 Å². The van der Waals surface area contributed by atoms with Crippen molar-refractivity contribution in [3.8, 4) is 11.1 Å². The Morgan fingerprint density at radius 2 is 1.02 bits per heavy atom. The third-order valence-corrected chi connectivity index (χ3v) is 22.0. The van der Waals surface area contributed by atoms with Crippen molar-refractivity contribution in [1.82, 2.24) is 0 Å². The summed E-state index contributed by atoms with van der Waals surface area (Å²) < 4.78 is 0. The summed E-state index contributed by atoms with van der Waals surface area (Å²) in [7, 11) is 0. The molecule has 1 fully saturated rings. The molecule has 8 aromatic rings. The number of benzene rings is 8. The molecular weight excluding hydrogens is 978 g/mol. The Morgan fingerprint density at radius 1 is 0.432 bits per heavy atom. The summed E-state index contributed by atoms with van der Waals surface area (Å²) in [5.41, 5.74) is 33.4. The lowest BCUT2D eigenvalue weighted by atomic mass is 9.33. The van der Waals surface area contributed by atoms with Crippen LogP contribution in [0.3, 0.4) is 0 Å². The summed E-state index contributed by atoms with van der Waals surface area (Å²) in [6.45, 7) is 41.4. The van der Waals surface area contributed by atoms with E-state index in [1.165, 1.54) is 159 Å². The molecule has 0 aromatic heterocycles. The van der Waals surface area contributed by atoms with Crippen LogP contribution in [0.25, 0.3) is 11.1 Å². The Bertz CT molecular complexity index is 4030. The van der Waals surface area contributed by atoms with Crippen molar-refractivity contribution < 1.29 is 0 Å². The number of hydrogen-bond acceptors (Lipinski definition) is 3. The molecule has 0 amide bonds. The van der Waals surface area contributed by atoms with E-state index < -0.39 is 0 Å². The van der Waals surface area contributed by atoms with E-state index >= 15 is 0 Å². The van der Waals surface area contributed by atoms with Gasteiger partial charge >= 0.3 is 0 Å². The van der Waals surface area contributed by atoms with Crippen molar-refractivity contribution in [2.24, 2.45) is 0 Å². The average molecular weight is 1060 g/mol. The van der Waals surface area contributed by atoms with E-state index in [0.717, 1.165) is 12.8 Å². The first-order valence-electron chi connectivity index (χ1n) is 30.6. The van der Waals surface area contributed by atoms with Crippen LogP contribution in [-0.2, 0) is 32.5 Å². The number of anilines is 8. The van der Waals surface area contributed by atoms with Crippen LogP contribution in [0.5, 0.6) is 0 Å². The van der Waals surface area contributed by atoms with Crippen molar-refractivity contribution in [1.29, 1.82) is 0 Å². The lowest BCUT2D eigenvalue weighted by Gasteiger charge is -2.51. The highest BCUT2D eigenvalue weighted by Gasteiger charge is 2.58. The third-order valence-electron chi connectivity index (χ3n) is 22.0. The zero-order chi connectivity index (χ0) is 57.0. The zero-order valence-corrected chi connectivity index (χ0v) is 51.7. The summed E-state index contributed by atoms with van der Waals surface area (Å²) in [4.78, 5) is 8.29. The molecule has 81 heavy (non-hydrogen) atoms. The van der Waals surface area contributed by atoms with E-state index in [4.69, 9.17) is 0 Å². The molecule has 3 aliphatic carbocycles. The molecule has 3 aliphatic heterocycles. The summed E-state index contributed by atoms with van der Waals surface area (Å²) in [5, 5.41) is 0. The minimum absolute atomic E-state index is 0.000528. The van der Waals surface area contributed by atoms with Gasteiger partial charge in [-0.1, -0.05) is 187 Å². The molecule has 2 atom stereocenters. The van der Waals surface area contributed by atoms with Gasteiger partial charge in [-0.15, -0.1) is 0 Å². The van der Waals surface area contributed by atoms with Crippen molar-refractivity contribution in [3.05, 3.63) is 206 Å². The first-order valence-corrected chi connectivity index (χ1v) is 30.6. The quantitative estimate of drug-likeness (QED) is 0.163. The summed E-state index contributed by atoms with van der Waals surface area (Å²) in [6, 6.07) is 56.2. The van der Waals surface area contributed by atoms with Crippen LogP contribution in [0.15, 0.2) is 140 Å². The van der Waals surface area contributed by atoms with Gasteiger partial charge in [0.1, 0.15) is 0 Å². The second-order valence-electron chi connectivity index (χ2n) is 29.9. The van der Waals surface area contributed by atoms with Crippen molar-refractivity contribution in [2.45, 2.75) is 188 Å². The lowest BCUT2D eigenvalue weighted by molar-refractivity contribution is 0.195. The van der Waals surface area contributed by atoms with Crippen LogP contribution >= 0.6 is 0 Å². The molecule has 0 bridgehead atoms. The molecule has 3 heterocycles. The number of nitrogens with zero attached hydrogens (tertiary/aromatic N) is 3. The van der Waals surface area contributed by atoms with Crippen molar-refractivity contribution >= 4 is 68.6 Å². The number of fused-ring (bicyclic) bond motifs is 10. The Morgan fingerprint density at radius 3 is 1.70 bits per heavy atom. The maximum atomic E-state index is 2.82. The van der Waals surface area contributed by atoms with Gasteiger partial charge in [-0.25, -0.2) is 0 Å². The predicted octanol–water partition coefficient (Wildman–Crippen LogP) is 18.6. The Balaban J connectivity index is 1.09. The molecule has 6 aliphatic rings. The second-order valence-corrected chi connectivity index (χ2v) is 29.9. The zero-order valence-electron chi connectivity index (χ0n) is 51.7. The Hall–Kier alpha value is -6.78. The number of hydrogen-bond donors (Lipinski definition) is 0. The SMILES string of the molecule is Cc1cc2c3c(c1)N(c1cccc(C)c1-c1ccccc1C)c1cc4c(cc1B3c1ccc(N3c5ccc(C(C)(C)C)cc5C5(C)CCCCC35C)cc1N2c1cc2c(cc1C)C(C)(C)c1ccccc1C2(C)C)C(C)(C)CC4(C)C. The highest BCUT2D eigenvalue weighted by molar-refractivity contribution is 7.00. The Labute approximate surface area is 485 Å². The standard InChI is InChI=1S/C77H84BN3/c1-46-37-67-70-68(38-46)80(64-44-58-57(39-49(64)4)74(12,13)53-28-20-21-29-54(53)75(58,14)15)65-41-51(81-62-34-31-50(71(5,6)7)40-59(62)76(16)35-22-23-36-77(76,81)17)32-33-60(65)78(70)61-42-55-56(73(10,11)45-72(55,8)9)43-66(61)79(67)63-30-24-26-48(3)69(63)52-27-19-18-25-47(52)2/h18-21,24-34,37-44H,22-23,35-36,45H2,1-17H3. The second kappa shape index (κ2) is 16.9. The highest BCUT2D eigenvalue weighted by atomic mass is 15.3. The molecule has 2 unspecified atom stereocenters. The highest BCUT2D eigenvalue weighted by Crippen LogP contribution is 2.63. The normalized spacial score (nSPS) is 21.8. The molecule has 1 saturated carbocycles. The lowest BCUT2D eigenvalue weighted by Crippen LogP contribution is -2.61. The molecular formula is C77H84BN3. The predicted molar refractivity (Wildman–Crippen MR) is 348 cm³/mol. The molecule has 0 spiro atoms. The largest absolute Gasteiger partial charge is 0.334 e. The van der Waals surface area contributed by atoms with E-state index in [2.05, 4.69) is 272 Å². The maximum absolute atomic E-state index is 2.82. The van der Waals surface area contributed by atoms with E-state index in [9.17, 15) is 0 Å². The molecule has 410 valence electrons. The van der Waals surface area contributed by atoms with Crippen LogP contribution in [0.4, 0.5) is 45.5 Å². The fraction of sp³-hybridized carbons (Fsp3) is 0.377. The first kappa shape index (κ1) is 52.3. The summed E-state index contributed by atoms with van der Waals surface area (Å²) in [5.74, 6) is 0. The molecule has 8 aromatic carbocycles. The van der Waals surface area contributed by atoms with Gasteiger partial charge in [0, 0.05) is 61.6 Å². The fourth-order valence-corrected chi connectivity index (χ4v) is 17.7. The number of rotatable bonds is 4. The maximum Gasteiger partial charge on any atom is 0.252 e. The monoisotopic (exact) mass is 1060 g/mol. The van der Waals surface area contributed by atoms with Gasteiger partial charge in [-0.2, -0.15) is 0 Å². The minimum atomic E-state index is -0.224. The first-order chi connectivity index (χ1) is 38.2. The van der Waals surface area contributed by atoms with E-state index in [0.29, 0.717) is 0 Å². The van der Waals surface area contributed by atoms with Gasteiger partial charge in [-0.3, -0.25) is 0 Å². The van der Waals surface area contributed by atoms with Crippen LogP contribution in [0.1, 0.15) is 189 Å². The molecule has 3 nitrogen and oxygen atoms in total. The van der Waals surface area contributed by atoms with E-state index in [1.807, 2.05) is 0 Å². The van der Waals surface area contributed by atoms with Crippen molar-refractivity contribution in [3.63, 3.8) is 0 Å². The molecule has 4 heteroatoms. The average Bonchev–Trinajstić information content (AvgIpc) is 2.54. The van der Waals surface area contributed by atoms with E-state index in [1.54, 1.807) is 0 Å². The molecule has 0 radical (unpaired) electrons. The van der Waals surface area contributed by atoms with Crippen LogP contribution in [0, 0.1) is 27.7 Å². The smallest absolute Gasteiger partial charge is 0.252 e. The number of aryl methyl sites for hydroxylation is 4. The van der Waals surface area contributed by atoms with Gasteiger partial charge in [0.05, 0.1) is 11.2 Å². The van der Waals surface area contributed by atoms with Gasteiger partial charge in [0.15, 0.2) is 0 Å². The minimum Gasteiger partial charge on any atom is -0.334 e. The van der Waals surface area contributed by atoms with Gasteiger partial charge in [-0.05, 0) is 207 Å². The molecule has 0 N–H and O–H groups in total. The third kappa shape index (κ3) is 7.07. The molecule has 14 rings (SSSR count). The molecule has 0 saturated heterocycles. The summed E-state index contributed by atoms with van der Waals surface area (Å²) in [6.07, 6.45) is 5.94. The van der Waals surface area contributed by atoms with Gasteiger partial charge in [0.25, 0.3) is 6.71 Å².